The molecule has 2 rings (SSSR count). The van der Waals surface area contributed by atoms with E-state index < -0.39 is 0 Å². The molecule has 1 N–H and O–H groups in total. The molecule has 1 aromatic heterocycles. The number of benzene rings is 1. The molecule has 100 valence electrons. The van der Waals surface area contributed by atoms with Crippen LogP contribution in [-0.2, 0) is 4.79 Å². The number of anilines is 1. The van der Waals surface area contributed by atoms with Crippen molar-refractivity contribution < 1.29 is 4.79 Å². The molecular formula is C13H15ClN4O. The molecule has 0 aliphatic heterocycles. The molecule has 0 aliphatic rings. The average molecular weight is 279 g/mol. The number of hydrogen-bond donors (Lipinski definition) is 1. The van der Waals surface area contributed by atoms with E-state index in [4.69, 9.17) is 11.6 Å². The first-order chi connectivity index (χ1) is 8.99. The van der Waals surface area contributed by atoms with Crippen LogP contribution in [-0.4, -0.2) is 40.9 Å². The molecule has 1 heterocycles. The first-order valence-electron chi connectivity index (χ1n) is 5.87. The molecule has 1 aromatic carbocycles. The van der Waals surface area contributed by atoms with Crippen LogP contribution in [0.25, 0.3) is 10.9 Å². The summed E-state index contributed by atoms with van der Waals surface area (Å²) in [5, 5.41) is 4.56. The Labute approximate surface area is 116 Å². The standard InChI is InChI=1S/C13H15ClN4O/c1-8(13(19)18(2)3)17-12-10-5-4-9(14)6-11(10)15-7-16-12/h4-8H,1-3H3,(H,15,16,17). The minimum Gasteiger partial charge on any atom is -0.358 e. The largest absolute Gasteiger partial charge is 0.358 e. The smallest absolute Gasteiger partial charge is 0.244 e. The quantitative estimate of drug-likeness (QED) is 0.935. The average Bonchev–Trinajstić information content (AvgIpc) is 2.37. The van der Waals surface area contributed by atoms with Gasteiger partial charge in [0.25, 0.3) is 0 Å². The minimum absolute atomic E-state index is 0.0132. The van der Waals surface area contributed by atoms with E-state index in [9.17, 15) is 4.79 Å². The minimum atomic E-state index is -0.358. The van der Waals surface area contributed by atoms with E-state index in [1.807, 2.05) is 6.07 Å². The highest BCUT2D eigenvalue weighted by Gasteiger charge is 2.16. The molecule has 0 saturated carbocycles. The van der Waals surface area contributed by atoms with Crippen LogP contribution in [0.4, 0.5) is 5.82 Å². The van der Waals surface area contributed by atoms with Gasteiger partial charge in [0.2, 0.25) is 5.91 Å². The molecule has 1 atom stereocenters. The van der Waals surface area contributed by atoms with Gasteiger partial charge in [-0.05, 0) is 25.1 Å². The number of nitrogens with zero attached hydrogens (tertiary/aromatic N) is 3. The van der Waals surface area contributed by atoms with Crippen LogP contribution in [0.3, 0.4) is 0 Å². The maximum Gasteiger partial charge on any atom is 0.244 e. The summed E-state index contributed by atoms with van der Waals surface area (Å²) in [4.78, 5) is 21.7. The number of halogens is 1. The van der Waals surface area contributed by atoms with Crippen molar-refractivity contribution in [1.29, 1.82) is 0 Å². The first-order valence-corrected chi connectivity index (χ1v) is 6.25. The maximum absolute atomic E-state index is 11.8. The summed E-state index contributed by atoms with van der Waals surface area (Å²) in [6.45, 7) is 1.80. The van der Waals surface area contributed by atoms with Gasteiger partial charge in [0.1, 0.15) is 18.2 Å². The maximum atomic E-state index is 11.8. The Bertz CT molecular complexity index is 615. The Morgan fingerprint density at radius 1 is 1.37 bits per heavy atom. The van der Waals surface area contributed by atoms with E-state index >= 15 is 0 Å². The summed E-state index contributed by atoms with van der Waals surface area (Å²) >= 11 is 5.93. The van der Waals surface area contributed by atoms with Gasteiger partial charge in [-0.25, -0.2) is 9.97 Å². The SMILES string of the molecule is CC(Nc1ncnc2cc(Cl)ccc12)C(=O)N(C)C. The van der Waals surface area contributed by atoms with Crippen molar-refractivity contribution in [2.75, 3.05) is 19.4 Å². The van der Waals surface area contributed by atoms with Gasteiger partial charge < -0.3 is 10.2 Å². The summed E-state index contributed by atoms with van der Waals surface area (Å²) < 4.78 is 0. The topological polar surface area (TPSA) is 58.1 Å². The van der Waals surface area contributed by atoms with Gasteiger partial charge in [-0.15, -0.1) is 0 Å². The third kappa shape index (κ3) is 2.93. The highest BCUT2D eigenvalue weighted by atomic mass is 35.5. The van der Waals surface area contributed by atoms with Crippen LogP contribution in [0.15, 0.2) is 24.5 Å². The molecule has 0 saturated heterocycles. The Hall–Kier alpha value is -1.88. The monoisotopic (exact) mass is 278 g/mol. The van der Waals surface area contributed by atoms with Gasteiger partial charge in [0.15, 0.2) is 0 Å². The fraction of sp³-hybridized carbons (Fsp3) is 0.308. The van der Waals surface area contributed by atoms with Crippen molar-refractivity contribution in [2.45, 2.75) is 13.0 Å². The second-order valence-corrected chi connectivity index (χ2v) is 4.92. The van der Waals surface area contributed by atoms with Crippen molar-refractivity contribution >= 4 is 34.2 Å². The van der Waals surface area contributed by atoms with E-state index in [1.54, 1.807) is 33.2 Å². The third-order valence-electron chi connectivity index (χ3n) is 2.76. The molecule has 19 heavy (non-hydrogen) atoms. The number of fused-ring (bicyclic) bond motifs is 1. The normalized spacial score (nSPS) is 12.2. The van der Waals surface area contributed by atoms with Crippen molar-refractivity contribution in [3.05, 3.63) is 29.5 Å². The zero-order valence-corrected chi connectivity index (χ0v) is 11.8. The molecule has 0 aliphatic carbocycles. The Kier molecular flexibility index (Phi) is 3.85. The lowest BCUT2D eigenvalue weighted by molar-refractivity contribution is -0.129. The molecule has 0 fully saturated rings. The molecule has 0 bridgehead atoms. The molecule has 0 radical (unpaired) electrons. The van der Waals surface area contributed by atoms with Crippen LogP contribution in [0.2, 0.25) is 5.02 Å². The van der Waals surface area contributed by atoms with Crippen molar-refractivity contribution in [2.24, 2.45) is 0 Å². The number of rotatable bonds is 3. The lowest BCUT2D eigenvalue weighted by Gasteiger charge is -2.19. The Balaban J connectivity index is 2.33. The van der Waals surface area contributed by atoms with E-state index in [1.165, 1.54) is 11.2 Å². The molecule has 1 amide bonds. The summed E-state index contributed by atoms with van der Waals surface area (Å²) in [5.74, 6) is 0.616. The lowest BCUT2D eigenvalue weighted by atomic mass is 10.2. The second-order valence-electron chi connectivity index (χ2n) is 4.48. The number of nitrogens with one attached hydrogen (secondary N) is 1. The highest BCUT2D eigenvalue weighted by molar-refractivity contribution is 6.31. The molecule has 6 heteroatoms. The predicted octanol–water partition coefficient (Wildman–Crippen LogP) is 2.17. The lowest BCUT2D eigenvalue weighted by Crippen LogP contribution is -2.36. The van der Waals surface area contributed by atoms with Crippen molar-refractivity contribution in [1.82, 2.24) is 14.9 Å². The fourth-order valence-electron chi connectivity index (χ4n) is 1.80. The van der Waals surface area contributed by atoms with E-state index in [0.717, 1.165) is 10.9 Å². The van der Waals surface area contributed by atoms with E-state index in [2.05, 4.69) is 15.3 Å². The molecular weight excluding hydrogens is 264 g/mol. The number of aromatic nitrogens is 2. The van der Waals surface area contributed by atoms with E-state index in [0.29, 0.717) is 10.8 Å². The van der Waals surface area contributed by atoms with Crippen LogP contribution in [0.1, 0.15) is 6.92 Å². The molecule has 5 nitrogen and oxygen atoms in total. The second kappa shape index (κ2) is 5.40. The Morgan fingerprint density at radius 3 is 2.79 bits per heavy atom. The first kappa shape index (κ1) is 13.5. The summed E-state index contributed by atoms with van der Waals surface area (Å²) in [6, 6.07) is 5.02. The molecule has 1 unspecified atom stereocenters. The van der Waals surface area contributed by atoms with E-state index in [-0.39, 0.29) is 11.9 Å². The number of hydrogen-bond acceptors (Lipinski definition) is 4. The van der Waals surface area contributed by atoms with Crippen LogP contribution in [0, 0.1) is 0 Å². The fourth-order valence-corrected chi connectivity index (χ4v) is 1.97. The van der Waals surface area contributed by atoms with Gasteiger partial charge in [-0.1, -0.05) is 11.6 Å². The van der Waals surface area contributed by atoms with Gasteiger partial charge in [-0.3, -0.25) is 4.79 Å². The van der Waals surface area contributed by atoms with Crippen molar-refractivity contribution in [3.63, 3.8) is 0 Å². The van der Waals surface area contributed by atoms with Crippen LogP contribution >= 0.6 is 11.6 Å². The summed E-state index contributed by atoms with van der Waals surface area (Å²) in [5.41, 5.74) is 0.745. The highest BCUT2D eigenvalue weighted by Crippen LogP contribution is 2.22. The van der Waals surface area contributed by atoms with Gasteiger partial charge >= 0.3 is 0 Å². The summed E-state index contributed by atoms with van der Waals surface area (Å²) in [6.07, 6.45) is 1.45. The molecule has 0 spiro atoms. The van der Waals surface area contributed by atoms with Gasteiger partial charge in [-0.2, -0.15) is 0 Å². The summed E-state index contributed by atoms with van der Waals surface area (Å²) in [7, 11) is 3.44. The number of amides is 1. The number of carbonyl (C=O) groups excluding carboxylic acids is 1. The Morgan fingerprint density at radius 2 is 2.11 bits per heavy atom. The van der Waals surface area contributed by atoms with Gasteiger partial charge in [0.05, 0.1) is 5.52 Å². The van der Waals surface area contributed by atoms with Crippen LogP contribution < -0.4 is 5.32 Å². The predicted molar refractivity (Wildman–Crippen MR) is 76.3 cm³/mol. The van der Waals surface area contributed by atoms with Crippen LogP contribution in [0.5, 0.6) is 0 Å². The number of likely N-dealkylation sites (N-methyl/N-ethyl adjacent to an activating group) is 1. The zero-order chi connectivity index (χ0) is 14.0. The van der Waals surface area contributed by atoms with Crippen molar-refractivity contribution in [3.8, 4) is 0 Å². The number of carbonyl (C=O) groups is 1. The third-order valence-corrected chi connectivity index (χ3v) is 3.00. The van der Waals surface area contributed by atoms with Gasteiger partial charge in [0, 0.05) is 24.5 Å². The zero-order valence-electron chi connectivity index (χ0n) is 11.0. The molecule has 2 aromatic rings.